The molecule has 3 rings (SSSR count). The van der Waals surface area contributed by atoms with Crippen molar-refractivity contribution in [3.05, 3.63) is 30.1 Å². The van der Waals surface area contributed by atoms with Crippen molar-refractivity contribution in [2.45, 2.75) is 50.6 Å². The average Bonchev–Trinajstić information content (AvgIpc) is 2.50. The molecule has 3 N–H and O–H groups in total. The number of amides is 1. The fraction of sp³-hybridized carbons (Fsp3) is 0.611. The predicted molar refractivity (Wildman–Crippen MR) is 86.5 cm³/mol. The van der Waals surface area contributed by atoms with Crippen LogP contribution in [0.2, 0.25) is 0 Å². The Hall–Kier alpha value is -1.62. The van der Waals surface area contributed by atoms with Crippen molar-refractivity contribution in [2.24, 2.45) is 17.6 Å². The van der Waals surface area contributed by atoms with Crippen molar-refractivity contribution in [3.63, 3.8) is 0 Å². The quantitative estimate of drug-likeness (QED) is 0.876. The van der Waals surface area contributed by atoms with Gasteiger partial charge in [0, 0.05) is 12.1 Å². The third-order valence-corrected chi connectivity index (χ3v) is 5.13. The molecule has 126 valence electrons. The number of hydrogen-bond acceptors (Lipinski definition) is 3. The molecular weight excluding hydrogens is 295 g/mol. The average molecular weight is 320 g/mol. The zero-order valence-electron chi connectivity index (χ0n) is 13.3. The van der Waals surface area contributed by atoms with Crippen LogP contribution in [-0.4, -0.2) is 24.6 Å². The Bertz CT molecular complexity index is 538. The molecule has 5 heteroatoms. The van der Waals surface area contributed by atoms with E-state index in [0.717, 1.165) is 25.7 Å². The molecule has 2 unspecified atom stereocenters. The van der Waals surface area contributed by atoms with Crippen molar-refractivity contribution in [3.8, 4) is 5.75 Å². The number of nitrogens with one attached hydrogen (secondary N) is 1. The number of para-hydroxylation sites is 1. The summed E-state index contributed by atoms with van der Waals surface area (Å²) in [5.74, 6) is 0.797. The zero-order chi connectivity index (χ0) is 16.2. The number of nitrogens with two attached hydrogens (primary N) is 1. The van der Waals surface area contributed by atoms with Crippen LogP contribution >= 0.6 is 0 Å². The van der Waals surface area contributed by atoms with Crippen LogP contribution in [0.3, 0.4) is 0 Å². The number of rotatable bonds is 5. The van der Waals surface area contributed by atoms with E-state index >= 15 is 0 Å². The van der Waals surface area contributed by atoms with Crippen LogP contribution in [0.1, 0.15) is 38.5 Å². The minimum atomic E-state index is -0.399. The Morgan fingerprint density at radius 1 is 1.26 bits per heavy atom. The van der Waals surface area contributed by atoms with E-state index in [1.165, 1.54) is 12.5 Å². The highest BCUT2D eigenvalue weighted by Crippen LogP contribution is 2.39. The van der Waals surface area contributed by atoms with E-state index in [4.69, 9.17) is 10.5 Å². The lowest BCUT2D eigenvalue weighted by Gasteiger charge is -2.45. The first kappa shape index (κ1) is 16.2. The van der Waals surface area contributed by atoms with Gasteiger partial charge >= 0.3 is 0 Å². The van der Waals surface area contributed by atoms with E-state index in [1.807, 2.05) is 0 Å². The number of hydrogen-bond donors (Lipinski definition) is 2. The Balaban J connectivity index is 1.47. The molecule has 1 aromatic rings. The van der Waals surface area contributed by atoms with Crippen LogP contribution in [0.4, 0.5) is 4.39 Å². The summed E-state index contributed by atoms with van der Waals surface area (Å²) >= 11 is 0. The van der Waals surface area contributed by atoms with Crippen molar-refractivity contribution < 1.29 is 13.9 Å². The third kappa shape index (κ3) is 4.02. The van der Waals surface area contributed by atoms with Gasteiger partial charge in [-0.25, -0.2) is 4.39 Å². The molecular formula is C18H25FN2O2. The molecule has 2 fully saturated rings. The molecule has 2 aliphatic rings. The van der Waals surface area contributed by atoms with Crippen LogP contribution in [0.25, 0.3) is 0 Å². The van der Waals surface area contributed by atoms with E-state index in [0.29, 0.717) is 11.8 Å². The van der Waals surface area contributed by atoms with Crippen LogP contribution in [0.5, 0.6) is 5.75 Å². The largest absolute Gasteiger partial charge is 0.490 e. The summed E-state index contributed by atoms with van der Waals surface area (Å²) in [6.07, 6.45) is 5.81. The van der Waals surface area contributed by atoms with Crippen LogP contribution in [-0.2, 0) is 4.79 Å². The molecule has 0 aromatic heterocycles. The van der Waals surface area contributed by atoms with Crippen LogP contribution < -0.4 is 15.8 Å². The molecule has 0 heterocycles. The molecule has 4 nitrogen and oxygen atoms in total. The summed E-state index contributed by atoms with van der Waals surface area (Å²) in [5.41, 5.74) is 6.11. The van der Waals surface area contributed by atoms with Crippen molar-refractivity contribution in [2.75, 3.05) is 6.61 Å². The zero-order valence-corrected chi connectivity index (χ0v) is 13.3. The summed E-state index contributed by atoms with van der Waals surface area (Å²) < 4.78 is 18.8. The van der Waals surface area contributed by atoms with E-state index in [-0.39, 0.29) is 36.8 Å². The number of halogens is 1. The molecule has 0 radical (unpaired) electrons. The Morgan fingerprint density at radius 3 is 2.65 bits per heavy atom. The fourth-order valence-corrected chi connectivity index (χ4v) is 4.10. The highest BCUT2D eigenvalue weighted by molar-refractivity contribution is 5.76. The van der Waals surface area contributed by atoms with E-state index in [9.17, 15) is 9.18 Å². The first-order valence-corrected chi connectivity index (χ1v) is 8.55. The monoisotopic (exact) mass is 320 g/mol. The lowest BCUT2D eigenvalue weighted by molar-refractivity contribution is -0.123. The number of carbonyl (C=O) groups excluding carboxylic acids is 1. The van der Waals surface area contributed by atoms with E-state index in [1.54, 1.807) is 18.2 Å². The summed E-state index contributed by atoms with van der Waals surface area (Å²) in [6.45, 7) is 0.189. The number of ether oxygens (including phenoxy) is 1. The smallest absolute Gasteiger partial charge is 0.223 e. The molecule has 0 aliphatic heterocycles. The van der Waals surface area contributed by atoms with E-state index in [2.05, 4.69) is 5.32 Å². The third-order valence-electron chi connectivity index (χ3n) is 5.13. The van der Waals surface area contributed by atoms with Crippen LogP contribution in [0.15, 0.2) is 24.3 Å². The molecule has 0 spiro atoms. The topological polar surface area (TPSA) is 64.3 Å². The second-order valence-electron chi connectivity index (χ2n) is 6.80. The van der Waals surface area contributed by atoms with Gasteiger partial charge in [0.2, 0.25) is 5.91 Å². The van der Waals surface area contributed by atoms with Crippen LogP contribution in [0, 0.1) is 17.7 Å². The SMILES string of the molecule is NC1CC2CCCC(C1)C2NC(=O)CCOc1ccccc1F. The van der Waals surface area contributed by atoms with Gasteiger partial charge in [0.25, 0.3) is 0 Å². The Labute approximate surface area is 136 Å². The standard InChI is InChI=1S/C18H25FN2O2/c19-15-6-1-2-7-16(15)23-9-8-17(22)21-18-12-4-3-5-13(18)11-14(20)10-12/h1-2,6-7,12-14,18H,3-5,8-11,20H2,(H,21,22). The molecule has 1 amide bonds. The highest BCUT2D eigenvalue weighted by atomic mass is 19.1. The minimum Gasteiger partial charge on any atom is -0.490 e. The summed E-state index contributed by atoms with van der Waals surface area (Å²) in [6, 6.07) is 6.78. The van der Waals surface area contributed by atoms with E-state index < -0.39 is 5.82 Å². The van der Waals surface area contributed by atoms with Gasteiger partial charge in [-0.1, -0.05) is 18.6 Å². The number of carbonyl (C=O) groups is 1. The highest BCUT2D eigenvalue weighted by Gasteiger charge is 2.39. The molecule has 2 atom stereocenters. The summed E-state index contributed by atoms with van der Waals surface area (Å²) in [4.78, 5) is 12.2. The predicted octanol–water partition coefficient (Wildman–Crippen LogP) is 2.62. The first-order valence-electron chi connectivity index (χ1n) is 8.55. The van der Waals surface area contributed by atoms with Crippen molar-refractivity contribution in [1.29, 1.82) is 0 Å². The number of benzene rings is 1. The fourth-order valence-electron chi connectivity index (χ4n) is 4.10. The molecule has 2 bridgehead atoms. The van der Waals surface area contributed by atoms with Gasteiger partial charge in [0.15, 0.2) is 11.6 Å². The molecule has 23 heavy (non-hydrogen) atoms. The van der Waals surface area contributed by atoms with Gasteiger partial charge < -0.3 is 15.8 Å². The summed E-state index contributed by atoms with van der Waals surface area (Å²) in [7, 11) is 0. The van der Waals surface area contributed by atoms with Crippen molar-refractivity contribution in [1.82, 2.24) is 5.32 Å². The lowest BCUT2D eigenvalue weighted by atomic mass is 9.67. The van der Waals surface area contributed by atoms with Gasteiger partial charge in [-0.05, 0) is 49.7 Å². The Morgan fingerprint density at radius 2 is 1.96 bits per heavy atom. The van der Waals surface area contributed by atoms with Crippen molar-refractivity contribution >= 4 is 5.91 Å². The maximum atomic E-state index is 13.4. The van der Waals surface area contributed by atoms with Gasteiger partial charge in [-0.2, -0.15) is 0 Å². The molecule has 2 saturated carbocycles. The minimum absolute atomic E-state index is 0.0151. The first-order chi connectivity index (χ1) is 11.1. The molecule has 0 saturated heterocycles. The second kappa shape index (κ2) is 7.30. The van der Waals surface area contributed by atoms with Gasteiger partial charge in [-0.15, -0.1) is 0 Å². The molecule has 1 aromatic carbocycles. The molecule has 2 aliphatic carbocycles. The Kier molecular flexibility index (Phi) is 5.16. The normalized spacial score (nSPS) is 29.8. The van der Waals surface area contributed by atoms with Gasteiger partial charge in [-0.3, -0.25) is 4.79 Å². The van der Waals surface area contributed by atoms with Gasteiger partial charge in [0.1, 0.15) is 0 Å². The lowest BCUT2D eigenvalue weighted by Crippen LogP contribution is -2.53. The maximum Gasteiger partial charge on any atom is 0.223 e. The maximum absolute atomic E-state index is 13.4. The summed E-state index contributed by atoms with van der Waals surface area (Å²) in [5, 5.41) is 3.17. The number of fused-ring (bicyclic) bond motifs is 2. The second-order valence-corrected chi connectivity index (χ2v) is 6.80. The van der Waals surface area contributed by atoms with Gasteiger partial charge in [0.05, 0.1) is 13.0 Å².